The maximum atomic E-state index is 14.2. The van der Waals surface area contributed by atoms with Gasteiger partial charge in [-0.3, -0.25) is 14.5 Å². The lowest BCUT2D eigenvalue weighted by Crippen LogP contribution is -2.48. The van der Waals surface area contributed by atoms with E-state index < -0.39 is 42.3 Å². The molecule has 0 radical (unpaired) electrons. The molecule has 0 bridgehead atoms. The molecule has 1 aliphatic rings. The lowest BCUT2D eigenvalue weighted by atomic mass is 9.96. The van der Waals surface area contributed by atoms with Crippen LogP contribution >= 0.6 is 11.6 Å². The Kier molecular flexibility index (Phi) is 11.6. The summed E-state index contributed by atoms with van der Waals surface area (Å²) in [7, 11) is 5.98. The summed E-state index contributed by atoms with van der Waals surface area (Å²) >= 11 is 6.30. The van der Waals surface area contributed by atoms with Crippen molar-refractivity contribution >= 4 is 41.1 Å². The van der Waals surface area contributed by atoms with Crippen LogP contribution in [0.25, 0.3) is 0 Å². The maximum Gasteiger partial charge on any atom is 0.337 e. The normalized spacial score (nSPS) is 15.4. The maximum absolute atomic E-state index is 14.2. The van der Waals surface area contributed by atoms with E-state index in [1.54, 1.807) is 36.4 Å². The van der Waals surface area contributed by atoms with E-state index in [2.05, 4.69) is 5.32 Å². The fourth-order valence-electron chi connectivity index (χ4n) is 5.69. The zero-order chi connectivity index (χ0) is 35.1. The molecule has 0 aliphatic carbocycles. The van der Waals surface area contributed by atoms with Gasteiger partial charge in [0.2, 0.25) is 11.8 Å². The minimum Gasteiger partial charge on any atom is -0.496 e. The number of methoxy groups -OCH3 is 4. The molecule has 4 rings (SSSR count). The molecular formula is C34H39ClN4O9. The topological polar surface area (TPSA) is 170 Å². The standard InChI is InChI=1S/C34H39ClN4O9/c1-6-27(19-7-9-24(33(42)43)26(36)13-19)37-34(44)39-18-31(40)38(17-25-29(47-4)14-23(45-2)15-30(25)48-5)16-21(32(39)41)11-20-12-22(35)8-10-28(20)46-3/h7-10,12-15,21,27H,6,11,16-18,36H2,1-5H3,(H,37,44)(H,42,43)/t21-,27+/m0/s1. The zero-order valence-electron chi connectivity index (χ0n) is 27.4. The Bertz CT molecular complexity index is 1670. The van der Waals surface area contributed by atoms with Gasteiger partial charge in [0.05, 0.1) is 58.1 Å². The summed E-state index contributed by atoms with van der Waals surface area (Å²) in [5, 5.41) is 12.6. The summed E-state index contributed by atoms with van der Waals surface area (Å²) in [4.78, 5) is 55.7. The highest BCUT2D eigenvalue weighted by Gasteiger charge is 2.39. The van der Waals surface area contributed by atoms with E-state index >= 15 is 0 Å². The van der Waals surface area contributed by atoms with Gasteiger partial charge in [-0.2, -0.15) is 0 Å². The molecule has 1 aliphatic heterocycles. The molecule has 13 nitrogen and oxygen atoms in total. The van der Waals surface area contributed by atoms with Gasteiger partial charge in [0.15, 0.2) is 0 Å². The molecule has 0 aromatic heterocycles. The number of carboxylic acid groups (broad SMARTS) is 1. The molecule has 4 N–H and O–H groups in total. The van der Waals surface area contributed by atoms with Gasteiger partial charge >= 0.3 is 12.0 Å². The van der Waals surface area contributed by atoms with Gasteiger partial charge in [-0.1, -0.05) is 24.6 Å². The van der Waals surface area contributed by atoms with Gasteiger partial charge in [-0.15, -0.1) is 0 Å². The van der Waals surface area contributed by atoms with Crippen molar-refractivity contribution in [3.05, 3.63) is 75.8 Å². The largest absolute Gasteiger partial charge is 0.496 e. The van der Waals surface area contributed by atoms with Gasteiger partial charge in [0, 0.05) is 29.4 Å². The van der Waals surface area contributed by atoms with E-state index in [0.29, 0.717) is 51.1 Å². The molecule has 2 atom stereocenters. The number of nitrogens with zero attached hydrogens (tertiary/aromatic N) is 2. The average Bonchev–Trinajstić information content (AvgIpc) is 3.18. The second-order valence-electron chi connectivity index (χ2n) is 11.1. The third-order valence-electron chi connectivity index (χ3n) is 8.24. The van der Waals surface area contributed by atoms with E-state index in [4.69, 9.17) is 36.3 Å². The minimum absolute atomic E-state index is 0.00782. The SMILES string of the molecule is CC[C@@H](NC(=O)N1CC(=O)N(Cc2c(OC)cc(OC)cc2OC)C[C@H](Cc2cc(Cl)ccc2OC)C1=O)c1ccc(C(=O)O)c(N)c1. The summed E-state index contributed by atoms with van der Waals surface area (Å²) in [5.74, 6) is -1.30. The quantitative estimate of drug-likeness (QED) is 0.230. The van der Waals surface area contributed by atoms with Crippen molar-refractivity contribution in [1.82, 2.24) is 15.1 Å². The van der Waals surface area contributed by atoms with Gasteiger partial charge in [0.1, 0.15) is 29.5 Å². The van der Waals surface area contributed by atoms with Gasteiger partial charge < -0.3 is 40.0 Å². The van der Waals surface area contributed by atoms with Crippen LogP contribution in [0.2, 0.25) is 5.02 Å². The highest BCUT2D eigenvalue weighted by molar-refractivity contribution is 6.30. The number of anilines is 1. The van der Waals surface area contributed by atoms with Crippen LogP contribution < -0.4 is 30.0 Å². The predicted molar refractivity (Wildman–Crippen MR) is 178 cm³/mol. The van der Waals surface area contributed by atoms with Crippen molar-refractivity contribution in [3.8, 4) is 23.0 Å². The highest BCUT2D eigenvalue weighted by atomic mass is 35.5. The average molecular weight is 683 g/mol. The van der Waals surface area contributed by atoms with E-state index in [-0.39, 0.29) is 30.8 Å². The molecule has 256 valence electrons. The van der Waals surface area contributed by atoms with E-state index in [9.17, 15) is 24.3 Å². The second-order valence-corrected chi connectivity index (χ2v) is 11.6. The molecule has 3 aromatic rings. The van der Waals surface area contributed by atoms with Crippen LogP contribution in [0.5, 0.6) is 23.0 Å². The number of ether oxygens (including phenoxy) is 4. The summed E-state index contributed by atoms with van der Waals surface area (Å²) in [6.07, 6.45) is 0.497. The predicted octanol–water partition coefficient (Wildman–Crippen LogP) is 4.55. The number of nitrogen functional groups attached to an aromatic ring is 1. The van der Waals surface area contributed by atoms with E-state index in [0.717, 1.165) is 4.90 Å². The Balaban J connectivity index is 1.71. The van der Waals surface area contributed by atoms with Gasteiger partial charge in [-0.05, 0) is 54.3 Å². The first-order valence-electron chi connectivity index (χ1n) is 15.1. The van der Waals surface area contributed by atoms with Crippen LogP contribution in [0.4, 0.5) is 10.5 Å². The first-order chi connectivity index (χ1) is 22.9. The number of amides is 4. The van der Waals surface area contributed by atoms with Crippen LogP contribution in [0, 0.1) is 5.92 Å². The highest BCUT2D eigenvalue weighted by Crippen LogP contribution is 2.36. The monoisotopic (exact) mass is 682 g/mol. The third-order valence-corrected chi connectivity index (χ3v) is 8.47. The number of carbonyl (C=O) groups is 4. The number of carbonyl (C=O) groups excluding carboxylic acids is 3. The summed E-state index contributed by atoms with van der Waals surface area (Å²) < 4.78 is 22.1. The number of aromatic carboxylic acids is 1. The first kappa shape index (κ1) is 35.7. The van der Waals surface area contributed by atoms with Crippen molar-refractivity contribution in [2.75, 3.05) is 47.3 Å². The van der Waals surface area contributed by atoms with Gasteiger partial charge in [-0.25, -0.2) is 9.59 Å². The molecule has 1 fully saturated rings. The van der Waals surface area contributed by atoms with E-state index in [1.165, 1.54) is 45.5 Å². The molecule has 48 heavy (non-hydrogen) atoms. The molecule has 4 amide bonds. The van der Waals surface area contributed by atoms with Crippen molar-refractivity contribution in [2.24, 2.45) is 5.92 Å². The molecule has 0 spiro atoms. The second kappa shape index (κ2) is 15.6. The Morgan fingerprint density at radius 1 is 0.979 bits per heavy atom. The number of hydrogen-bond donors (Lipinski definition) is 3. The number of carboxylic acids is 1. The van der Waals surface area contributed by atoms with Crippen molar-refractivity contribution in [1.29, 1.82) is 0 Å². The molecule has 1 heterocycles. The fraction of sp³-hybridized carbons (Fsp3) is 0.353. The number of halogens is 1. The molecule has 0 saturated carbocycles. The number of hydrogen-bond acceptors (Lipinski definition) is 9. The first-order valence-corrected chi connectivity index (χ1v) is 15.5. The van der Waals surface area contributed by atoms with Crippen LogP contribution in [-0.2, 0) is 22.6 Å². The summed E-state index contributed by atoms with van der Waals surface area (Å²) in [5.41, 5.74) is 7.63. The molecule has 0 unspecified atom stereocenters. The van der Waals surface area contributed by atoms with Crippen molar-refractivity contribution < 1.29 is 43.2 Å². The smallest absolute Gasteiger partial charge is 0.337 e. The zero-order valence-corrected chi connectivity index (χ0v) is 28.1. The van der Waals surface area contributed by atoms with Gasteiger partial charge in [0.25, 0.3) is 0 Å². The number of nitrogens with two attached hydrogens (primary N) is 1. The molecule has 1 saturated heterocycles. The number of imide groups is 1. The van der Waals surface area contributed by atoms with Crippen LogP contribution in [0.3, 0.4) is 0 Å². The van der Waals surface area contributed by atoms with Crippen LogP contribution in [-0.4, -0.2) is 80.2 Å². The third kappa shape index (κ3) is 7.85. The summed E-state index contributed by atoms with van der Waals surface area (Å²) in [6, 6.07) is 11.3. The minimum atomic E-state index is -1.18. The number of urea groups is 1. The Hall–Kier alpha value is -5.17. The molecular weight excluding hydrogens is 644 g/mol. The Morgan fingerprint density at radius 3 is 2.21 bits per heavy atom. The Morgan fingerprint density at radius 2 is 1.65 bits per heavy atom. The Labute approximate surface area is 283 Å². The summed E-state index contributed by atoms with van der Waals surface area (Å²) in [6.45, 7) is 1.24. The number of nitrogens with one attached hydrogen (secondary N) is 1. The fourth-order valence-corrected chi connectivity index (χ4v) is 5.89. The van der Waals surface area contributed by atoms with Crippen LogP contribution in [0.1, 0.15) is 46.4 Å². The lowest BCUT2D eigenvalue weighted by Gasteiger charge is -2.26. The van der Waals surface area contributed by atoms with Crippen LogP contribution in [0.15, 0.2) is 48.5 Å². The van der Waals surface area contributed by atoms with E-state index in [1.807, 2.05) is 6.92 Å². The molecule has 14 heteroatoms. The molecule has 3 aromatic carbocycles. The van der Waals surface area contributed by atoms with Crippen molar-refractivity contribution in [3.63, 3.8) is 0 Å². The lowest BCUT2D eigenvalue weighted by molar-refractivity contribution is -0.135. The number of rotatable bonds is 12. The number of benzene rings is 3. The van der Waals surface area contributed by atoms with Crippen molar-refractivity contribution in [2.45, 2.75) is 32.4 Å².